The first-order chi connectivity index (χ1) is 27.1. The number of nitriles is 1. The molecule has 0 saturated carbocycles. The van der Waals surface area contributed by atoms with E-state index in [-0.39, 0.29) is 25.1 Å². The number of methoxy groups -OCH3 is 1. The fourth-order valence-corrected chi connectivity index (χ4v) is 7.39. The predicted molar refractivity (Wildman–Crippen MR) is 213 cm³/mol. The Kier molecular flexibility index (Phi) is 11.3. The molecule has 5 aromatic rings. The number of pyridine rings is 3. The molecule has 56 heavy (non-hydrogen) atoms. The van der Waals surface area contributed by atoms with Crippen LogP contribution in [0.2, 0.25) is 0 Å². The van der Waals surface area contributed by atoms with Gasteiger partial charge in [-0.1, -0.05) is 36.4 Å². The molecule has 1 aliphatic carbocycles. The second-order valence-corrected chi connectivity index (χ2v) is 14.6. The van der Waals surface area contributed by atoms with Crippen LogP contribution in [0.5, 0.6) is 17.6 Å². The van der Waals surface area contributed by atoms with Gasteiger partial charge in [-0.2, -0.15) is 10.2 Å². The van der Waals surface area contributed by atoms with Gasteiger partial charge in [0.2, 0.25) is 17.6 Å². The van der Waals surface area contributed by atoms with Crippen LogP contribution in [0, 0.1) is 18.3 Å². The lowest BCUT2D eigenvalue weighted by Gasteiger charge is -2.24. The van der Waals surface area contributed by atoms with Gasteiger partial charge in [0.15, 0.2) is 0 Å². The highest BCUT2D eigenvalue weighted by molar-refractivity contribution is 9.10. The second-order valence-electron chi connectivity index (χ2n) is 13.8. The summed E-state index contributed by atoms with van der Waals surface area (Å²) in [6, 6.07) is 22.1. The molecule has 14 heteroatoms. The maximum Gasteiger partial charge on any atom is 0.326 e. The normalized spacial score (nSPS) is 15.6. The van der Waals surface area contributed by atoms with Crippen molar-refractivity contribution < 1.29 is 29.2 Å². The molecule has 2 aliphatic rings. The van der Waals surface area contributed by atoms with Gasteiger partial charge in [0.25, 0.3) is 0 Å². The van der Waals surface area contributed by atoms with E-state index in [0.717, 1.165) is 70.8 Å². The molecule has 2 aromatic carbocycles. The molecule has 4 N–H and O–H groups in total. The molecule has 0 spiro atoms. The molecular formula is C42H40BrN7O6. The Morgan fingerprint density at radius 1 is 1.05 bits per heavy atom. The van der Waals surface area contributed by atoms with E-state index in [4.69, 9.17) is 24.2 Å². The third-order valence-corrected chi connectivity index (χ3v) is 10.7. The zero-order valence-electron chi connectivity index (χ0n) is 31.1. The molecule has 286 valence electrons. The summed E-state index contributed by atoms with van der Waals surface area (Å²) in [5, 5.41) is 35.1. The van der Waals surface area contributed by atoms with Gasteiger partial charge in [-0.05, 0) is 94.7 Å². The third kappa shape index (κ3) is 7.79. The zero-order chi connectivity index (χ0) is 39.4. The summed E-state index contributed by atoms with van der Waals surface area (Å²) in [7, 11) is 1.62. The number of hydrogen-bond donors (Lipinski definition) is 4. The quantitative estimate of drug-likeness (QED) is 0.102. The highest BCUT2D eigenvalue weighted by atomic mass is 79.9. The van der Waals surface area contributed by atoms with Gasteiger partial charge in [-0.15, -0.1) is 0 Å². The van der Waals surface area contributed by atoms with E-state index in [1.807, 2.05) is 18.2 Å². The molecule has 1 unspecified atom stereocenters. The summed E-state index contributed by atoms with van der Waals surface area (Å²) >= 11 is 3.63. The van der Waals surface area contributed by atoms with Gasteiger partial charge in [0, 0.05) is 42.2 Å². The van der Waals surface area contributed by atoms with Crippen molar-refractivity contribution >= 4 is 27.7 Å². The lowest BCUT2D eigenvalue weighted by atomic mass is 9.90. The summed E-state index contributed by atoms with van der Waals surface area (Å²) in [6.07, 6.45) is 4.26. The van der Waals surface area contributed by atoms with E-state index in [1.54, 1.807) is 25.4 Å². The zero-order valence-corrected chi connectivity index (χ0v) is 32.7. The van der Waals surface area contributed by atoms with Gasteiger partial charge in [0.05, 0.1) is 41.6 Å². The number of amidine groups is 1. The average Bonchev–Trinajstić information content (AvgIpc) is 3.91. The van der Waals surface area contributed by atoms with Crippen LogP contribution in [0.15, 0.2) is 82.5 Å². The van der Waals surface area contributed by atoms with Gasteiger partial charge in [-0.25, -0.2) is 4.98 Å². The van der Waals surface area contributed by atoms with Gasteiger partial charge in [0.1, 0.15) is 30.2 Å². The number of aliphatic hydroxyl groups excluding tert-OH is 1. The van der Waals surface area contributed by atoms with E-state index < -0.39 is 18.1 Å². The van der Waals surface area contributed by atoms with Gasteiger partial charge >= 0.3 is 5.97 Å². The lowest BCUT2D eigenvalue weighted by Crippen LogP contribution is -2.52. The Morgan fingerprint density at radius 3 is 2.61 bits per heavy atom. The molecule has 4 heterocycles. The van der Waals surface area contributed by atoms with Crippen LogP contribution in [0.25, 0.3) is 22.4 Å². The average molecular weight is 819 g/mol. The molecule has 1 aliphatic heterocycles. The standard InChI is InChI=1S/C42H40BrN7O6/c1-24-28(6-4-7-29(24)35-12-10-33(39(49-35)54-3)37-46-14-15-47-37)30-8-5-9-32-31(30)11-13-36(32)56-40-34(43)17-27(21-48-42(2,23-51)41(52)53)38(50-40)55-22-26-16-25(18-44)19-45-20-26/h4-10,12,16-17,19-20,36,48,51H,11,13-15,21-23H2,1-3H3,(H,46,47)(H,52,53)/t36-,42?/m0/s1. The predicted octanol–water partition coefficient (Wildman–Crippen LogP) is 6.08. The summed E-state index contributed by atoms with van der Waals surface area (Å²) in [6.45, 7) is 4.48. The minimum Gasteiger partial charge on any atom is -0.480 e. The topological polar surface area (TPSA) is 184 Å². The monoisotopic (exact) mass is 817 g/mol. The number of nitrogens with one attached hydrogen (secondary N) is 2. The molecule has 13 nitrogen and oxygen atoms in total. The van der Waals surface area contributed by atoms with Crippen LogP contribution < -0.4 is 24.8 Å². The SMILES string of the molecule is COc1nc(-c2cccc(-c3cccc4c3CC[C@@H]4Oc3nc(OCc4cncc(C#N)c4)c(CNC(C)(CO)C(=O)O)cc3Br)c2C)ccc1C1=NCCN1. The Balaban J connectivity index is 1.17. The Bertz CT molecular complexity index is 2380. The van der Waals surface area contributed by atoms with E-state index in [0.29, 0.717) is 32.9 Å². The first-order valence-electron chi connectivity index (χ1n) is 18.1. The van der Waals surface area contributed by atoms with Gasteiger partial charge < -0.3 is 29.7 Å². The number of fused-ring (bicyclic) bond motifs is 1. The van der Waals surface area contributed by atoms with Crippen LogP contribution >= 0.6 is 15.9 Å². The molecule has 2 atom stereocenters. The van der Waals surface area contributed by atoms with E-state index in [1.165, 1.54) is 18.7 Å². The fraction of sp³-hybridized carbons (Fsp3) is 0.286. The van der Waals surface area contributed by atoms with E-state index in [9.17, 15) is 20.3 Å². The van der Waals surface area contributed by atoms with E-state index in [2.05, 4.69) is 79.9 Å². The first-order valence-corrected chi connectivity index (χ1v) is 18.9. The summed E-state index contributed by atoms with van der Waals surface area (Å²) in [5.74, 6) is 0.623. The fourth-order valence-electron chi connectivity index (χ4n) is 6.93. The molecule has 3 aromatic heterocycles. The molecule has 0 radical (unpaired) electrons. The number of aliphatic imine (C=N–C) groups is 1. The number of aliphatic carboxylic acids is 1. The van der Waals surface area contributed by atoms with Gasteiger partial charge in [-0.3, -0.25) is 20.1 Å². The number of ether oxygens (including phenoxy) is 3. The first kappa shape index (κ1) is 38.4. The number of carboxylic acids is 1. The van der Waals surface area contributed by atoms with E-state index >= 15 is 0 Å². The molecule has 7 rings (SSSR count). The number of aromatic nitrogens is 3. The Hall–Kier alpha value is -5.88. The van der Waals surface area contributed by atoms with Crippen LogP contribution in [-0.4, -0.2) is 69.3 Å². The number of benzene rings is 2. The molecule has 0 bridgehead atoms. The smallest absolute Gasteiger partial charge is 0.326 e. The maximum atomic E-state index is 11.9. The van der Waals surface area contributed by atoms with Crippen LogP contribution in [0.1, 0.15) is 58.4 Å². The van der Waals surface area contributed by atoms with Crippen molar-refractivity contribution in [2.24, 2.45) is 4.99 Å². The lowest BCUT2D eigenvalue weighted by molar-refractivity contribution is -0.145. The van der Waals surface area contributed by atoms with Crippen molar-refractivity contribution in [2.45, 2.75) is 51.5 Å². The highest BCUT2D eigenvalue weighted by Crippen LogP contribution is 2.43. The summed E-state index contributed by atoms with van der Waals surface area (Å²) in [4.78, 5) is 30.2. The minimum atomic E-state index is -1.59. The minimum absolute atomic E-state index is 0.0219. The molecule has 0 saturated heterocycles. The second kappa shape index (κ2) is 16.5. The van der Waals surface area contributed by atoms with Crippen molar-refractivity contribution in [1.82, 2.24) is 25.6 Å². The largest absolute Gasteiger partial charge is 0.480 e. The number of hydrogen-bond acceptors (Lipinski definition) is 12. The summed E-state index contributed by atoms with van der Waals surface area (Å²) in [5.41, 5.74) is 8.20. The number of halogens is 1. The highest BCUT2D eigenvalue weighted by Gasteiger charge is 2.33. The number of carbonyl (C=O) groups is 1. The van der Waals surface area contributed by atoms with Crippen LogP contribution in [0.3, 0.4) is 0 Å². The van der Waals surface area contributed by atoms with Crippen molar-refractivity contribution in [3.8, 4) is 46.1 Å². The summed E-state index contributed by atoms with van der Waals surface area (Å²) < 4.78 is 19.0. The Morgan fingerprint density at radius 2 is 1.86 bits per heavy atom. The molecule has 0 amide bonds. The Labute approximate surface area is 332 Å². The number of carboxylic acid groups (broad SMARTS) is 1. The molecule has 0 fully saturated rings. The third-order valence-electron chi connectivity index (χ3n) is 10.1. The van der Waals surface area contributed by atoms with Crippen molar-refractivity contribution in [3.05, 3.63) is 116 Å². The van der Waals surface area contributed by atoms with Crippen molar-refractivity contribution in [3.63, 3.8) is 0 Å². The van der Waals surface area contributed by atoms with Crippen LogP contribution in [-0.2, 0) is 24.4 Å². The maximum absolute atomic E-state index is 11.9. The molecular weight excluding hydrogens is 778 g/mol. The van der Waals surface area contributed by atoms with Crippen molar-refractivity contribution in [2.75, 3.05) is 26.8 Å². The number of rotatable bonds is 14. The number of nitrogens with zero attached hydrogens (tertiary/aromatic N) is 5. The van der Waals surface area contributed by atoms with Crippen LogP contribution in [0.4, 0.5) is 0 Å². The van der Waals surface area contributed by atoms with Crippen molar-refractivity contribution in [1.29, 1.82) is 5.26 Å². The number of aliphatic hydroxyl groups is 1.